The molecule has 1 fully saturated rings. The molecule has 0 saturated carbocycles. The van der Waals surface area contributed by atoms with E-state index in [1.165, 1.54) is 18.2 Å². The van der Waals surface area contributed by atoms with Gasteiger partial charge < -0.3 is 4.90 Å². The fourth-order valence-corrected chi connectivity index (χ4v) is 2.73. The van der Waals surface area contributed by atoms with Gasteiger partial charge in [-0.3, -0.25) is 20.2 Å². The molecule has 112 valence electrons. The lowest BCUT2D eigenvalue weighted by Gasteiger charge is -2.14. The minimum atomic E-state index is -0.577. The summed E-state index contributed by atoms with van der Waals surface area (Å²) in [6.45, 7) is 2.42. The van der Waals surface area contributed by atoms with Crippen LogP contribution in [0.25, 0.3) is 0 Å². The van der Waals surface area contributed by atoms with E-state index in [9.17, 15) is 20.2 Å². The van der Waals surface area contributed by atoms with Crippen molar-refractivity contribution in [3.05, 3.63) is 74.3 Å². The average Bonchev–Trinajstić information content (AvgIpc) is 3.20. The smallest absolute Gasteiger partial charge is 0.299 e. The standard InChI is InChI=1S/C15H13N3O4/c1-15(11-6-3-2-4-7-11)10-16(15)14-12(17(19)20)8-5-9-13(14)18(21)22/h2-9H,10H2,1H3/t15-,16?/m1/s1. The SMILES string of the molecule is C[C@]1(c2ccccc2)CN1c1c([N+](=O)[O-])cccc1[N+](=O)[O-]. The number of nitro benzene ring substituents is 2. The third-order valence-electron chi connectivity index (χ3n) is 4.01. The van der Waals surface area contributed by atoms with Gasteiger partial charge in [0.25, 0.3) is 11.4 Å². The van der Waals surface area contributed by atoms with Crippen LogP contribution in [-0.4, -0.2) is 16.4 Å². The normalized spacial score (nSPS) is 19.8. The molecule has 0 bridgehead atoms. The molecule has 7 nitrogen and oxygen atoms in total. The molecule has 2 aromatic carbocycles. The highest BCUT2D eigenvalue weighted by Gasteiger charge is 2.53. The summed E-state index contributed by atoms with van der Waals surface area (Å²) in [7, 11) is 0. The first-order chi connectivity index (χ1) is 10.4. The van der Waals surface area contributed by atoms with Gasteiger partial charge in [-0.05, 0) is 18.6 Å². The molecule has 1 atom stereocenters. The molecule has 1 aliphatic heterocycles. The van der Waals surface area contributed by atoms with E-state index in [2.05, 4.69) is 0 Å². The summed E-state index contributed by atoms with van der Waals surface area (Å²) in [5.74, 6) is 0. The number of nitro groups is 2. The van der Waals surface area contributed by atoms with Crippen molar-refractivity contribution in [2.24, 2.45) is 0 Å². The molecular weight excluding hydrogens is 286 g/mol. The van der Waals surface area contributed by atoms with Gasteiger partial charge in [-0.2, -0.15) is 0 Å². The molecule has 0 radical (unpaired) electrons. The predicted molar refractivity (Wildman–Crippen MR) is 80.9 cm³/mol. The maximum absolute atomic E-state index is 11.2. The second kappa shape index (κ2) is 4.80. The highest BCUT2D eigenvalue weighted by atomic mass is 16.6. The minimum Gasteiger partial charge on any atom is -0.346 e. The van der Waals surface area contributed by atoms with Crippen molar-refractivity contribution in [1.82, 2.24) is 0 Å². The Kier molecular flexibility index (Phi) is 3.05. The summed E-state index contributed by atoms with van der Waals surface area (Å²) >= 11 is 0. The lowest BCUT2D eigenvalue weighted by atomic mass is 10.0. The summed E-state index contributed by atoms with van der Waals surface area (Å²) in [5.41, 5.74) is 0.104. The number of hydrogen-bond acceptors (Lipinski definition) is 5. The molecule has 0 amide bonds. The van der Waals surface area contributed by atoms with Crippen LogP contribution in [0.3, 0.4) is 0 Å². The Morgan fingerprint density at radius 2 is 1.50 bits per heavy atom. The van der Waals surface area contributed by atoms with Crippen LogP contribution >= 0.6 is 0 Å². The third-order valence-corrected chi connectivity index (χ3v) is 4.01. The lowest BCUT2D eigenvalue weighted by molar-refractivity contribution is -0.392. The molecule has 3 rings (SSSR count). The van der Waals surface area contributed by atoms with Crippen LogP contribution in [0.5, 0.6) is 0 Å². The van der Waals surface area contributed by atoms with Crippen LogP contribution in [-0.2, 0) is 5.54 Å². The predicted octanol–water partition coefficient (Wildman–Crippen LogP) is 3.24. The van der Waals surface area contributed by atoms with Crippen molar-refractivity contribution in [3.8, 4) is 0 Å². The van der Waals surface area contributed by atoms with E-state index < -0.39 is 15.4 Å². The van der Waals surface area contributed by atoms with Gasteiger partial charge in [0, 0.05) is 18.7 Å². The molecule has 1 heterocycles. The molecule has 1 saturated heterocycles. The van der Waals surface area contributed by atoms with Gasteiger partial charge in [0.15, 0.2) is 5.69 Å². The summed E-state index contributed by atoms with van der Waals surface area (Å²) in [4.78, 5) is 23.0. The van der Waals surface area contributed by atoms with E-state index in [0.29, 0.717) is 6.54 Å². The number of nitrogens with zero attached hydrogens (tertiary/aromatic N) is 3. The van der Waals surface area contributed by atoms with Crippen LogP contribution < -0.4 is 4.90 Å². The van der Waals surface area contributed by atoms with Crippen molar-refractivity contribution < 1.29 is 9.85 Å². The molecule has 0 aromatic heterocycles. The van der Waals surface area contributed by atoms with E-state index in [1.807, 2.05) is 37.3 Å². The van der Waals surface area contributed by atoms with E-state index in [4.69, 9.17) is 0 Å². The molecule has 0 N–H and O–H groups in total. The Bertz CT molecular complexity index is 730. The quantitative estimate of drug-likeness (QED) is 0.491. The fraction of sp³-hybridized carbons (Fsp3) is 0.200. The lowest BCUT2D eigenvalue weighted by Crippen LogP contribution is -2.13. The Morgan fingerprint density at radius 1 is 0.955 bits per heavy atom. The second-order valence-corrected chi connectivity index (χ2v) is 5.39. The van der Waals surface area contributed by atoms with E-state index in [0.717, 1.165) is 5.56 Å². The average molecular weight is 299 g/mol. The van der Waals surface area contributed by atoms with E-state index in [-0.39, 0.29) is 17.1 Å². The monoisotopic (exact) mass is 299 g/mol. The summed E-state index contributed by atoms with van der Waals surface area (Å²) in [5, 5.41) is 22.5. The number of rotatable bonds is 4. The maximum atomic E-state index is 11.2. The van der Waals surface area contributed by atoms with Gasteiger partial charge in [-0.25, -0.2) is 0 Å². The van der Waals surface area contributed by atoms with Crippen molar-refractivity contribution in [1.29, 1.82) is 0 Å². The zero-order chi connectivity index (χ0) is 15.9. The Hall–Kier alpha value is -2.96. The summed E-state index contributed by atoms with van der Waals surface area (Å²) < 4.78 is 0. The van der Waals surface area contributed by atoms with Crippen LogP contribution in [0.2, 0.25) is 0 Å². The molecular formula is C15H13N3O4. The maximum Gasteiger partial charge on any atom is 0.299 e. The van der Waals surface area contributed by atoms with Crippen LogP contribution in [0, 0.1) is 20.2 Å². The summed E-state index contributed by atoms with van der Waals surface area (Å²) in [6, 6.07) is 13.4. The number of hydrogen-bond donors (Lipinski definition) is 0. The zero-order valence-electron chi connectivity index (χ0n) is 11.8. The van der Waals surface area contributed by atoms with Gasteiger partial charge in [-0.1, -0.05) is 30.3 Å². The van der Waals surface area contributed by atoms with Gasteiger partial charge in [-0.15, -0.1) is 0 Å². The number of para-hydroxylation sites is 1. The largest absolute Gasteiger partial charge is 0.346 e. The van der Waals surface area contributed by atoms with Gasteiger partial charge in [0.05, 0.1) is 15.4 Å². The molecule has 0 spiro atoms. The molecule has 7 heteroatoms. The third kappa shape index (κ3) is 2.07. The van der Waals surface area contributed by atoms with Crippen LogP contribution in [0.4, 0.5) is 17.1 Å². The van der Waals surface area contributed by atoms with Gasteiger partial charge in [0.2, 0.25) is 0 Å². The first-order valence-electron chi connectivity index (χ1n) is 6.70. The number of benzene rings is 2. The highest BCUT2D eigenvalue weighted by molar-refractivity contribution is 5.79. The topological polar surface area (TPSA) is 89.3 Å². The van der Waals surface area contributed by atoms with Gasteiger partial charge in [0.1, 0.15) is 0 Å². The van der Waals surface area contributed by atoms with Gasteiger partial charge >= 0.3 is 0 Å². The fourth-order valence-electron chi connectivity index (χ4n) is 2.73. The minimum absolute atomic E-state index is 0.0730. The van der Waals surface area contributed by atoms with Crippen molar-refractivity contribution in [2.45, 2.75) is 12.5 Å². The molecule has 2 aromatic rings. The van der Waals surface area contributed by atoms with Crippen molar-refractivity contribution in [3.63, 3.8) is 0 Å². The number of anilines is 1. The van der Waals surface area contributed by atoms with Crippen molar-refractivity contribution >= 4 is 17.1 Å². The molecule has 22 heavy (non-hydrogen) atoms. The van der Waals surface area contributed by atoms with E-state index in [1.54, 1.807) is 4.90 Å². The Balaban J connectivity index is 2.10. The second-order valence-electron chi connectivity index (χ2n) is 5.39. The first-order valence-corrected chi connectivity index (χ1v) is 6.70. The molecule has 0 aliphatic carbocycles. The molecule has 0 unspecified atom stereocenters. The Labute approximate surface area is 126 Å². The van der Waals surface area contributed by atoms with Crippen molar-refractivity contribution in [2.75, 3.05) is 11.4 Å². The molecule has 1 aliphatic rings. The summed E-state index contributed by atoms with van der Waals surface area (Å²) in [6.07, 6.45) is 0. The highest BCUT2D eigenvalue weighted by Crippen LogP contribution is 2.52. The van der Waals surface area contributed by atoms with E-state index >= 15 is 0 Å². The Morgan fingerprint density at radius 3 is 2.00 bits per heavy atom. The van der Waals surface area contributed by atoms with Crippen LogP contribution in [0.1, 0.15) is 12.5 Å². The first kappa shape index (κ1) is 14.0. The zero-order valence-corrected chi connectivity index (χ0v) is 11.8. The van der Waals surface area contributed by atoms with Crippen LogP contribution in [0.15, 0.2) is 48.5 Å².